The molecule has 84 valence electrons. The predicted octanol–water partition coefficient (Wildman–Crippen LogP) is 0.895. The van der Waals surface area contributed by atoms with Gasteiger partial charge < -0.3 is 14.4 Å². The highest BCUT2D eigenvalue weighted by atomic mass is 16.5. The third kappa shape index (κ3) is 1.61. The molecule has 1 saturated heterocycles. The van der Waals surface area contributed by atoms with Gasteiger partial charge in [-0.3, -0.25) is 0 Å². The first-order valence-electron chi connectivity index (χ1n) is 5.38. The second-order valence-corrected chi connectivity index (χ2v) is 4.03. The second kappa shape index (κ2) is 3.71. The molecule has 6 nitrogen and oxygen atoms in total. The molecule has 6 heteroatoms. The molecule has 0 saturated carbocycles. The first-order chi connectivity index (χ1) is 7.83. The molecule has 1 N–H and O–H groups in total. The van der Waals surface area contributed by atoms with Crippen LogP contribution in [0.25, 0.3) is 11.6 Å². The van der Waals surface area contributed by atoms with Crippen LogP contribution in [0.2, 0.25) is 0 Å². The molecule has 0 aliphatic carbocycles. The number of hydrogen-bond acceptors (Lipinski definition) is 5. The van der Waals surface area contributed by atoms with Gasteiger partial charge in [0.05, 0.1) is 12.4 Å². The predicted molar refractivity (Wildman–Crippen MR) is 56.5 cm³/mol. The lowest BCUT2D eigenvalue weighted by atomic mass is 10.2. The van der Waals surface area contributed by atoms with Crippen LogP contribution in [0.3, 0.4) is 0 Å². The maximum absolute atomic E-state index is 5.20. The summed E-state index contributed by atoms with van der Waals surface area (Å²) in [5.41, 5.74) is 0.722. The van der Waals surface area contributed by atoms with Crippen molar-refractivity contribution in [2.45, 2.75) is 18.9 Å². The molecule has 0 radical (unpaired) electrons. The molecule has 0 amide bonds. The molecule has 1 unspecified atom stereocenters. The summed E-state index contributed by atoms with van der Waals surface area (Å²) in [6.07, 6.45) is 5.81. The van der Waals surface area contributed by atoms with E-state index in [1.807, 2.05) is 17.8 Å². The SMILES string of the molecule is Cn1cnc(-c2nc(C3CCCN3)no2)c1. The van der Waals surface area contributed by atoms with Gasteiger partial charge in [0.1, 0.15) is 5.69 Å². The standard InChI is InChI=1S/C10H13N5O/c1-15-5-8(12-6-15)10-13-9(14-16-10)7-3-2-4-11-7/h5-7,11H,2-4H2,1H3. The van der Waals surface area contributed by atoms with Crippen molar-refractivity contribution in [3.8, 4) is 11.6 Å². The van der Waals surface area contributed by atoms with Crippen molar-refractivity contribution in [3.63, 3.8) is 0 Å². The second-order valence-electron chi connectivity index (χ2n) is 4.03. The lowest BCUT2D eigenvalue weighted by molar-refractivity contribution is 0.411. The zero-order valence-electron chi connectivity index (χ0n) is 9.05. The number of hydrogen-bond donors (Lipinski definition) is 1. The van der Waals surface area contributed by atoms with E-state index in [1.165, 1.54) is 0 Å². The molecular formula is C10H13N5O. The van der Waals surface area contributed by atoms with Gasteiger partial charge in [-0.05, 0) is 19.4 Å². The maximum atomic E-state index is 5.20. The summed E-state index contributed by atoms with van der Waals surface area (Å²) in [5.74, 6) is 1.22. The van der Waals surface area contributed by atoms with E-state index in [-0.39, 0.29) is 6.04 Å². The monoisotopic (exact) mass is 219 g/mol. The molecule has 1 aliphatic heterocycles. The molecule has 16 heavy (non-hydrogen) atoms. The van der Waals surface area contributed by atoms with Crippen LogP contribution >= 0.6 is 0 Å². The smallest absolute Gasteiger partial charge is 0.278 e. The van der Waals surface area contributed by atoms with Gasteiger partial charge in [0, 0.05) is 13.2 Å². The van der Waals surface area contributed by atoms with Crippen LogP contribution in [0.5, 0.6) is 0 Å². The summed E-state index contributed by atoms with van der Waals surface area (Å²) in [7, 11) is 1.91. The van der Waals surface area contributed by atoms with Gasteiger partial charge in [0.25, 0.3) is 5.89 Å². The van der Waals surface area contributed by atoms with Gasteiger partial charge >= 0.3 is 0 Å². The molecule has 0 aromatic carbocycles. The highest BCUT2D eigenvalue weighted by Gasteiger charge is 2.22. The van der Waals surface area contributed by atoms with Gasteiger partial charge in [-0.2, -0.15) is 4.98 Å². The molecule has 1 fully saturated rings. The lowest BCUT2D eigenvalue weighted by Gasteiger charge is -2.01. The zero-order valence-corrected chi connectivity index (χ0v) is 9.05. The Morgan fingerprint density at radius 3 is 3.19 bits per heavy atom. The minimum atomic E-state index is 0.237. The fourth-order valence-electron chi connectivity index (χ4n) is 1.91. The van der Waals surface area contributed by atoms with Crippen molar-refractivity contribution in [1.82, 2.24) is 25.0 Å². The number of rotatable bonds is 2. The average Bonchev–Trinajstić information content (AvgIpc) is 2.97. The van der Waals surface area contributed by atoms with E-state index in [0.717, 1.165) is 30.9 Å². The number of aryl methyl sites for hydroxylation is 1. The van der Waals surface area contributed by atoms with Crippen LogP contribution in [0, 0.1) is 0 Å². The molecule has 1 aliphatic rings. The Morgan fingerprint density at radius 1 is 1.56 bits per heavy atom. The minimum Gasteiger partial charge on any atom is -0.340 e. The number of nitrogens with one attached hydrogen (secondary N) is 1. The van der Waals surface area contributed by atoms with Crippen molar-refractivity contribution in [2.24, 2.45) is 7.05 Å². The highest BCUT2D eigenvalue weighted by molar-refractivity contribution is 5.44. The Kier molecular flexibility index (Phi) is 2.21. The summed E-state index contributed by atoms with van der Waals surface area (Å²) in [6, 6.07) is 0.237. The van der Waals surface area contributed by atoms with Crippen LogP contribution < -0.4 is 5.32 Å². The fourth-order valence-corrected chi connectivity index (χ4v) is 1.91. The number of nitrogens with zero attached hydrogens (tertiary/aromatic N) is 4. The van der Waals surface area contributed by atoms with Gasteiger partial charge in [-0.25, -0.2) is 4.98 Å². The Labute approximate surface area is 92.7 Å². The number of aromatic nitrogens is 4. The summed E-state index contributed by atoms with van der Waals surface area (Å²) in [4.78, 5) is 8.53. The summed E-state index contributed by atoms with van der Waals surface area (Å²) in [6.45, 7) is 1.03. The third-order valence-corrected chi connectivity index (χ3v) is 2.74. The molecule has 0 spiro atoms. The first kappa shape index (κ1) is 9.53. The molecule has 1 atom stereocenters. The first-order valence-corrected chi connectivity index (χ1v) is 5.38. The minimum absolute atomic E-state index is 0.237. The molecule has 2 aromatic rings. The van der Waals surface area contributed by atoms with Crippen molar-refractivity contribution in [2.75, 3.05) is 6.54 Å². The Bertz CT molecular complexity index is 483. The van der Waals surface area contributed by atoms with E-state index < -0.39 is 0 Å². The average molecular weight is 219 g/mol. The van der Waals surface area contributed by atoms with Crippen LogP contribution in [0.4, 0.5) is 0 Å². The quantitative estimate of drug-likeness (QED) is 0.812. The fraction of sp³-hybridized carbons (Fsp3) is 0.500. The largest absolute Gasteiger partial charge is 0.340 e. The normalized spacial score (nSPS) is 20.4. The third-order valence-electron chi connectivity index (χ3n) is 2.74. The van der Waals surface area contributed by atoms with E-state index >= 15 is 0 Å². The van der Waals surface area contributed by atoms with Crippen molar-refractivity contribution >= 4 is 0 Å². The summed E-state index contributed by atoms with van der Waals surface area (Å²) in [5, 5.41) is 7.32. The Balaban J connectivity index is 1.87. The van der Waals surface area contributed by atoms with Gasteiger partial charge in [-0.1, -0.05) is 5.16 Å². The zero-order chi connectivity index (χ0) is 11.0. The van der Waals surface area contributed by atoms with Crippen LogP contribution in [0.1, 0.15) is 24.7 Å². The van der Waals surface area contributed by atoms with Crippen LogP contribution in [-0.2, 0) is 7.05 Å². The molecule has 3 heterocycles. The van der Waals surface area contributed by atoms with E-state index in [1.54, 1.807) is 6.33 Å². The maximum Gasteiger partial charge on any atom is 0.278 e. The molecular weight excluding hydrogens is 206 g/mol. The highest BCUT2D eigenvalue weighted by Crippen LogP contribution is 2.22. The van der Waals surface area contributed by atoms with Gasteiger partial charge in [0.2, 0.25) is 0 Å². The van der Waals surface area contributed by atoms with Crippen LogP contribution in [-0.4, -0.2) is 26.2 Å². The van der Waals surface area contributed by atoms with E-state index in [4.69, 9.17) is 4.52 Å². The lowest BCUT2D eigenvalue weighted by Crippen LogP contribution is -2.14. The van der Waals surface area contributed by atoms with Crippen molar-refractivity contribution in [1.29, 1.82) is 0 Å². The van der Waals surface area contributed by atoms with Crippen molar-refractivity contribution < 1.29 is 4.52 Å². The van der Waals surface area contributed by atoms with E-state index in [2.05, 4.69) is 20.4 Å². The Morgan fingerprint density at radius 2 is 2.50 bits per heavy atom. The van der Waals surface area contributed by atoms with E-state index in [0.29, 0.717) is 5.89 Å². The molecule has 0 bridgehead atoms. The molecule has 3 rings (SSSR count). The Hall–Kier alpha value is -1.69. The van der Waals surface area contributed by atoms with Crippen LogP contribution in [0.15, 0.2) is 17.0 Å². The van der Waals surface area contributed by atoms with Crippen molar-refractivity contribution in [3.05, 3.63) is 18.3 Å². The van der Waals surface area contributed by atoms with Gasteiger partial charge in [-0.15, -0.1) is 0 Å². The summed E-state index contributed by atoms with van der Waals surface area (Å²) < 4.78 is 7.05. The van der Waals surface area contributed by atoms with E-state index in [9.17, 15) is 0 Å². The summed E-state index contributed by atoms with van der Waals surface area (Å²) >= 11 is 0. The topological polar surface area (TPSA) is 68.8 Å². The van der Waals surface area contributed by atoms with Gasteiger partial charge in [0.15, 0.2) is 5.82 Å². The number of imidazole rings is 1. The molecule has 2 aromatic heterocycles.